The predicted octanol–water partition coefficient (Wildman–Crippen LogP) is 0.547. The van der Waals surface area contributed by atoms with Crippen LogP contribution in [0.3, 0.4) is 0 Å². The molecule has 12 nitrogen and oxygen atoms in total. The zero-order chi connectivity index (χ0) is 30.9. The predicted molar refractivity (Wildman–Crippen MR) is 142 cm³/mol. The van der Waals surface area contributed by atoms with Crippen molar-refractivity contribution in [3.63, 3.8) is 0 Å². The molecule has 8 rings (SSSR count). The molecule has 5 aliphatic heterocycles. The first-order chi connectivity index (χ1) is 20.0. The standard InChI is InChI=1S/C31H42O12/c1-12-14-9-17(33)27(5)16-8-7-15-26(3,4)41-22-19(34)24(35)43-30(15,22)11-29(16,37)10-18(38-13(2)32)31(14,27)40-20(12)21-23-28(6,42-23)25(36)39-21/h12,14-23,33-34,37H,7-11H2,1-6H3. The van der Waals surface area contributed by atoms with Crippen molar-refractivity contribution < 1.29 is 58.1 Å². The van der Waals surface area contributed by atoms with Gasteiger partial charge in [-0.2, -0.15) is 0 Å². The van der Waals surface area contributed by atoms with E-state index < -0.39 is 100.0 Å². The summed E-state index contributed by atoms with van der Waals surface area (Å²) in [5, 5.41) is 35.6. The summed E-state index contributed by atoms with van der Waals surface area (Å²) in [6.45, 7) is 10.8. The summed E-state index contributed by atoms with van der Waals surface area (Å²) in [4.78, 5) is 38.0. The second-order valence-electron chi connectivity index (χ2n) is 15.6. The van der Waals surface area contributed by atoms with Crippen LogP contribution >= 0.6 is 0 Å². The molecule has 238 valence electrons. The van der Waals surface area contributed by atoms with Crippen molar-refractivity contribution in [3.05, 3.63) is 0 Å². The van der Waals surface area contributed by atoms with Crippen LogP contribution in [0, 0.1) is 29.1 Å². The minimum atomic E-state index is -1.57. The summed E-state index contributed by atoms with van der Waals surface area (Å²) in [6.07, 6.45) is -4.71. The van der Waals surface area contributed by atoms with E-state index in [0.29, 0.717) is 19.3 Å². The van der Waals surface area contributed by atoms with Crippen LogP contribution < -0.4 is 0 Å². The number of carbonyl (C=O) groups excluding carboxylic acids is 3. The first-order valence-corrected chi connectivity index (χ1v) is 15.7. The van der Waals surface area contributed by atoms with Gasteiger partial charge >= 0.3 is 17.9 Å². The van der Waals surface area contributed by atoms with Gasteiger partial charge in [-0.3, -0.25) is 4.79 Å². The van der Waals surface area contributed by atoms with E-state index in [9.17, 15) is 29.7 Å². The molecule has 3 aliphatic carbocycles. The molecule has 0 amide bonds. The molecular weight excluding hydrogens is 564 g/mol. The fourth-order valence-electron chi connectivity index (χ4n) is 11.6. The Morgan fingerprint density at radius 3 is 2.30 bits per heavy atom. The van der Waals surface area contributed by atoms with Crippen LogP contribution in [0.5, 0.6) is 0 Å². The number of rotatable bonds is 2. The fourth-order valence-corrected chi connectivity index (χ4v) is 11.6. The van der Waals surface area contributed by atoms with Gasteiger partial charge in [0.05, 0.1) is 17.3 Å². The van der Waals surface area contributed by atoms with Crippen LogP contribution in [0.2, 0.25) is 0 Å². The summed E-state index contributed by atoms with van der Waals surface area (Å²) in [7, 11) is 0. The van der Waals surface area contributed by atoms with E-state index in [1.165, 1.54) is 6.92 Å². The summed E-state index contributed by atoms with van der Waals surface area (Å²) in [5.41, 5.74) is -6.88. The smallest absolute Gasteiger partial charge is 0.341 e. The molecule has 12 heteroatoms. The number of fused-ring (bicyclic) bond motifs is 3. The van der Waals surface area contributed by atoms with Crippen molar-refractivity contribution in [1.29, 1.82) is 0 Å². The summed E-state index contributed by atoms with van der Waals surface area (Å²) >= 11 is 0. The van der Waals surface area contributed by atoms with Gasteiger partial charge < -0.3 is 43.7 Å². The molecule has 16 unspecified atom stereocenters. The molecule has 5 heterocycles. The number of cyclic esters (lactones) is 1. The van der Waals surface area contributed by atoms with Gasteiger partial charge in [0.2, 0.25) is 0 Å². The Hall–Kier alpha value is -1.83. The fraction of sp³-hybridized carbons (Fsp3) is 0.903. The zero-order valence-corrected chi connectivity index (χ0v) is 25.4. The van der Waals surface area contributed by atoms with Crippen LogP contribution in [0.15, 0.2) is 0 Å². The second kappa shape index (κ2) is 8.11. The van der Waals surface area contributed by atoms with Gasteiger partial charge in [0, 0.05) is 31.1 Å². The number of aliphatic hydroxyl groups excluding tert-OH is 2. The maximum absolute atomic E-state index is 12.8. The van der Waals surface area contributed by atoms with Gasteiger partial charge in [0.25, 0.3) is 0 Å². The molecule has 0 radical (unpaired) electrons. The lowest BCUT2D eigenvalue weighted by atomic mass is 9.49. The highest BCUT2D eigenvalue weighted by molar-refractivity contribution is 5.86. The zero-order valence-electron chi connectivity index (χ0n) is 25.4. The van der Waals surface area contributed by atoms with E-state index in [1.54, 1.807) is 6.92 Å². The highest BCUT2D eigenvalue weighted by Crippen LogP contribution is 2.73. The van der Waals surface area contributed by atoms with Crippen LogP contribution in [0.4, 0.5) is 0 Å². The first-order valence-electron chi connectivity index (χ1n) is 15.7. The SMILES string of the molecule is CC(=O)OC1CC2(O)CC34OC(=O)C(O)C3OC(C)(C)C4CCC2C2(C)C(O)CC3C(C)C(C4OC(=O)C5(C)OC45)OC132. The summed E-state index contributed by atoms with van der Waals surface area (Å²) in [5.74, 6) is -3.08. The van der Waals surface area contributed by atoms with E-state index in [2.05, 4.69) is 0 Å². The van der Waals surface area contributed by atoms with E-state index in [1.807, 2.05) is 27.7 Å². The Morgan fingerprint density at radius 1 is 0.977 bits per heavy atom. The molecule has 8 fully saturated rings. The van der Waals surface area contributed by atoms with Gasteiger partial charge in [-0.15, -0.1) is 0 Å². The van der Waals surface area contributed by atoms with Gasteiger partial charge in [-0.25, -0.2) is 9.59 Å². The number of epoxide rings is 1. The topological polar surface area (TPSA) is 171 Å². The average Bonchev–Trinajstić information content (AvgIpc) is 3.16. The molecule has 0 aromatic heterocycles. The van der Waals surface area contributed by atoms with Crippen molar-refractivity contribution in [3.8, 4) is 0 Å². The molecule has 0 aromatic rings. The first kappa shape index (κ1) is 28.6. The Labute approximate surface area is 249 Å². The third-order valence-corrected chi connectivity index (χ3v) is 13.4. The maximum Gasteiger partial charge on any atom is 0.341 e. The molecule has 43 heavy (non-hydrogen) atoms. The lowest BCUT2D eigenvalue weighted by Gasteiger charge is -2.61. The quantitative estimate of drug-likeness (QED) is 0.227. The van der Waals surface area contributed by atoms with Crippen molar-refractivity contribution >= 4 is 17.9 Å². The van der Waals surface area contributed by atoms with Gasteiger partial charge in [-0.1, -0.05) is 13.8 Å². The van der Waals surface area contributed by atoms with Gasteiger partial charge in [0.15, 0.2) is 17.8 Å². The third kappa shape index (κ3) is 3.11. The van der Waals surface area contributed by atoms with Crippen LogP contribution in [0.1, 0.15) is 73.6 Å². The molecule has 16 atom stereocenters. The lowest BCUT2D eigenvalue weighted by Crippen LogP contribution is -2.72. The van der Waals surface area contributed by atoms with Crippen LogP contribution in [-0.4, -0.2) is 104 Å². The van der Waals surface area contributed by atoms with Gasteiger partial charge in [0.1, 0.15) is 35.6 Å². The average molecular weight is 607 g/mol. The number of hydrogen-bond acceptors (Lipinski definition) is 12. The molecule has 8 aliphatic rings. The Bertz CT molecular complexity index is 1320. The third-order valence-electron chi connectivity index (χ3n) is 13.4. The molecule has 5 saturated heterocycles. The van der Waals surface area contributed by atoms with E-state index in [-0.39, 0.29) is 30.6 Å². The largest absolute Gasteiger partial charge is 0.459 e. The van der Waals surface area contributed by atoms with Crippen LogP contribution in [-0.2, 0) is 42.8 Å². The summed E-state index contributed by atoms with van der Waals surface area (Å²) < 4.78 is 36.9. The van der Waals surface area contributed by atoms with E-state index in [0.717, 1.165) is 0 Å². The molecule has 3 saturated carbocycles. The minimum absolute atomic E-state index is 0.0210. The molecule has 0 bridgehead atoms. The van der Waals surface area contributed by atoms with Crippen molar-refractivity contribution in [2.45, 2.75) is 144 Å². The summed E-state index contributed by atoms with van der Waals surface area (Å²) in [6, 6.07) is 0. The minimum Gasteiger partial charge on any atom is -0.459 e. The molecule has 3 N–H and O–H groups in total. The number of ether oxygens (including phenoxy) is 6. The van der Waals surface area contributed by atoms with Gasteiger partial charge in [-0.05, 0) is 57.8 Å². The Kier molecular flexibility index (Phi) is 5.40. The maximum atomic E-state index is 12.8. The van der Waals surface area contributed by atoms with Crippen molar-refractivity contribution in [2.75, 3.05) is 0 Å². The normalized spacial score (nSPS) is 60.4. The second-order valence-corrected chi connectivity index (χ2v) is 15.6. The molecule has 0 aromatic carbocycles. The van der Waals surface area contributed by atoms with Crippen LogP contribution in [0.25, 0.3) is 0 Å². The highest BCUT2D eigenvalue weighted by atomic mass is 16.7. The molecule has 2 spiro atoms. The Balaban J connectivity index is 1.24. The lowest BCUT2D eigenvalue weighted by molar-refractivity contribution is -0.294. The van der Waals surface area contributed by atoms with E-state index >= 15 is 0 Å². The van der Waals surface area contributed by atoms with Crippen molar-refractivity contribution in [2.24, 2.45) is 29.1 Å². The number of hydrogen-bond donors (Lipinski definition) is 3. The number of carbonyl (C=O) groups is 3. The number of esters is 3. The monoisotopic (exact) mass is 606 g/mol. The van der Waals surface area contributed by atoms with E-state index in [4.69, 9.17) is 28.4 Å². The van der Waals surface area contributed by atoms with Crippen molar-refractivity contribution in [1.82, 2.24) is 0 Å². The highest BCUT2D eigenvalue weighted by Gasteiger charge is 2.84. The molecular formula is C31H42O12. The number of aliphatic hydroxyl groups is 3. The Morgan fingerprint density at radius 2 is 1.67 bits per heavy atom.